The summed E-state index contributed by atoms with van der Waals surface area (Å²) in [5.74, 6) is 0.440. The monoisotopic (exact) mass is 372 g/mol. The van der Waals surface area contributed by atoms with E-state index in [0.29, 0.717) is 6.42 Å². The maximum atomic E-state index is 12.0. The van der Waals surface area contributed by atoms with Crippen LogP contribution in [0.5, 0.6) is 0 Å². The van der Waals surface area contributed by atoms with Crippen LogP contribution in [-0.2, 0) is 14.1 Å². The van der Waals surface area contributed by atoms with Gasteiger partial charge in [-0.05, 0) is 51.7 Å². The standard InChI is InChI=1S/C19H25BN2O3S/c1-18(2)19(3,4)25-20(24-18)13-6-7-15-14(11-13)21-17(26-15)12-8-9-22(5)16(23)10-12/h6-7,11-12H,8-10H2,1-5H3. The molecule has 1 atom stereocenters. The fraction of sp³-hybridized carbons (Fsp3) is 0.579. The van der Waals surface area contributed by atoms with Crippen LogP contribution in [0.2, 0.25) is 0 Å². The fourth-order valence-electron chi connectivity index (χ4n) is 3.42. The first kappa shape index (κ1) is 18.0. The van der Waals surface area contributed by atoms with E-state index in [1.807, 2.05) is 7.05 Å². The third-order valence-electron chi connectivity index (χ3n) is 5.96. The van der Waals surface area contributed by atoms with Gasteiger partial charge in [0.25, 0.3) is 0 Å². The highest BCUT2D eigenvalue weighted by Crippen LogP contribution is 2.37. The number of thiazole rings is 1. The lowest BCUT2D eigenvalue weighted by Gasteiger charge is -2.32. The Hall–Kier alpha value is -1.44. The van der Waals surface area contributed by atoms with Gasteiger partial charge < -0.3 is 14.2 Å². The molecule has 5 nitrogen and oxygen atoms in total. The van der Waals surface area contributed by atoms with Crippen molar-refractivity contribution in [1.29, 1.82) is 0 Å². The van der Waals surface area contributed by atoms with Crippen LogP contribution in [0.1, 0.15) is 51.5 Å². The lowest BCUT2D eigenvalue weighted by Crippen LogP contribution is -2.41. The van der Waals surface area contributed by atoms with Gasteiger partial charge in [0.2, 0.25) is 5.91 Å². The Kier molecular flexibility index (Phi) is 4.17. The lowest BCUT2D eigenvalue weighted by molar-refractivity contribution is -0.132. The van der Waals surface area contributed by atoms with Gasteiger partial charge in [0.1, 0.15) is 0 Å². The second-order valence-corrected chi connectivity index (χ2v) is 9.43. The predicted octanol–water partition coefficient (Wildman–Crippen LogP) is 2.93. The zero-order valence-electron chi connectivity index (χ0n) is 16.0. The van der Waals surface area contributed by atoms with Crippen LogP contribution in [0.25, 0.3) is 10.2 Å². The van der Waals surface area contributed by atoms with E-state index < -0.39 is 0 Å². The third-order valence-corrected chi connectivity index (χ3v) is 7.16. The number of fused-ring (bicyclic) bond motifs is 1. The van der Waals surface area contributed by atoms with Crippen LogP contribution in [0.4, 0.5) is 0 Å². The van der Waals surface area contributed by atoms with Crippen molar-refractivity contribution in [2.24, 2.45) is 0 Å². The number of rotatable bonds is 2. The molecule has 2 fully saturated rings. The van der Waals surface area contributed by atoms with Crippen molar-refractivity contribution in [2.75, 3.05) is 13.6 Å². The molecular weight excluding hydrogens is 347 g/mol. The number of likely N-dealkylation sites (tertiary alicyclic amines) is 1. The Balaban J connectivity index is 1.60. The summed E-state index contributed by atoms with van der Waals surface area (Å²) < 4.78 is 13.4. The summed E-state index contributed by atoms with van der Waals surface area (Å²) in [5, 5.41) is 1.06. The van der Waals surface area contributed by atoms with E-state index in [4.69, 9.17) is 14.3 Å². The fourth-order valence-corrected chi connectivity index (χ4v) is 4.50. The molecule has 26 heavy (non-hydrogen) atoms. The maximum absolute atomic E-state index is 12.0. The van der Waals surface area contributed by atoms with Gasteiger partial charge >= 0.3 is 7.12 Å². The summed E-state index contributed by atoms with van der Waals surface area (Å²) >= 11 is 1.69. The minimum absolute atomic E-state index is 0.207. The van der Waals surface area contributed by atoms with Gasteiger partial charge in [0.15, 0.2) is 0 Å². The molecule has 0 bridgehead atoms. The minimum Gasteiger partial charge on any atom is -0.399 e. The number of nitrogens with zero attached hydrogens (tertiary/aromatic N) is 2. The number of aromatic nitrogens is 1. The molecule has 2 aliphatic rings. The van der Waals surface area contributed by atoms with Crippen molar-refractivity contribution in [2.45, 2.75) is 57.7 Å². The molecule has 1 unspecified atom stereocenters. The van der Waals surface area contributed by atoms with Crippen molar-refractivity contribution in [3.63, 3.8) is 0 Å². The molecule has 0 aliphatic carbocycles. The van der Waals surface area contributed by atoms with E-state index in [1.165, 1.54) is 0 Å². The summed E-state index contributed by atoms with van der Waals surface area (Å²) in [6.07, 6.45) is 1.53. The quantitative estimate of drug-likeness (QED) is 0.761. The first-order chi connectivity index (χ1) is 12.2. The topological polar surface area (TPSA) is 51.7 Å². The molecule has 138 valence electrons. The largest absolute Gasteiger partial charge is 0.494 e. The Morgan fingerprint density at radius 3 is 2.58 bits per heavy atom. The number of piperidine rings is 1. The van der Waals surface area contributed by atoms with Crippen molar-refractivity contribution in [1.82, 2.24) is 9.88 Å². The van der Waals surface area contributed by atoms with Gasteiger partial charge in [-0.3, -0.25) is 4.79 Å². The second kappa shape index (κ2) is 6.04. The molecule has 4 rings (SSSR count). The smallest absolute Gasteiger partial charge is 0.399 e. The Morgan fingerprint density at radius 2 is 1.92 bits per heavy atom. The molecule has 1 amide bonds. The summed E-state index contributed by atoms with van der Waals surface area (Å²) in [5.41, 5.74) is 1.25. The first-order valence-corrected chi connectivity index (χ1v) is 9.98. The molecule has 2 aromatic rings. The Morgan fingerprint density at radius 1 is 1.23 bits per heavy atom. The summed E-state index contributed by atoms with van der Waals surface area (Å²) in [6, 6.07) is 6.22. The van der Waals surface area contributed by atoms with Crippen molar-refractivity contribution < 1.29 is 14.1 Å². The van der Waals surface area contributed by atoms with Gasteiger partial charge in [-0.25, -0.2) is 4.98 Å². The zero-order valence-corrected chi connectivity index (χ0v) is 16.9. The number of hydrogen-bond donors (Lipinski definition) is 0. The number of amides is 1. The van der Waals surface area contributed by atoms with Crippen molar-refractivity contribution in [3.8, 4) is 0 Å². The minimum atomic E-state index is -0.376. The Labute approximate surface area is 158 Å². The van der Waals surface area contributed by atoms with E-state index in [1.54, 1.807) is 16.2 Å². The number of carbonyl (C=O) groups excluding carboxylic acids is 1. The van der Waals surface area contributed by atoms with Crippen LogP contribution in [0.3, 0.4) is 0 Å². The molecule has 1 aromatic heterocycles. The summed E-state index contributed by atoms with van der Waals surface area (Å²) in [7, 11) is 1.49. The summed E-state index contributed by atoms with van der Waals surface area (Å²) in [4.78, 5) is 18.7. The predicted molar refractivity (Wildman–Crippen MR) is 105 cm³/mol. The number of benzene rings is 1. The molecule has 0 saturated carbocycles. The van der Waals surface area contributed by atoms with E-state index in [2.05, 4.69) is 45.9 Å². The van der Waals surface area contributed by atoms with Crippen LogP contribution < -0.4 is 5.46 Å². The van der Waals surface area contributed by atoms with Gasteiger partial charge in [-0.2, -0.15) is 0 Å². The SMILES string of the molecule is CN1CCC(c2nc3cc(B4OC(C)(C)C(C)(C)O4)ccc3s2)CC1=O. The molecule has 0 spiro atoms. The third kappa shape index (κ3) is 2.96. The zero-order chi connectivity index (χ0) is 18.7. The molecule has 3 heterocycles. The molecule has 1 aromatic carbocycles. The second-order valence-electron chi connectivity index (χ2n) is 8.37. The van der Waals surface area contributed by atoms with Crippen LogP contribution in [0, 0.1) is 0 Å². The van der Waals surface area contributed by atoms with Gasteiger partial charge in [-0.15, -0.1) is 11.3 Å². The highest BCUT2D eigenvalue weighted by atomic mass is 32.1. The lowest BCUT2D eigenvalue weighted by atomic mass is 9.79. The van der Waals surface area contributed by atoms with Gasteiger partial charge in [0.05, 0.1) is 26.4 Å². The van der Waals surface area contributed by atoms with Crippen LogP contribution in [0.15, 0.2) is 18.2 Å². The number of carbonyl (C=O) groups is 1. The molecular formula is C19H25BN2O3S. The summed E-state index contributed by atoms with van der Waals surface area (Å²) in [6.45, 7) is 9.04. The molecule has 0 N–H and O–H groups in total. The average Bonchev–Trinajstić information content (AvgIpc) is 3.07. The van der Waals surface area contributed by atoms with Crippen LogP contribution in [-0.4, -0.2) is 47.7 Å². The number of hydrogen-bond acceptors (Lipinski definition) is 5. The van der Waals surface area contributed by atoms with Crippen molar-refractivity contribution in [3.05, 3.63) is 23.2 Å². The first-order valence-electron chi connectivity index (χ1n) is 9.16. The highest BCUT2D eigenvalue weighted by molar-refractivity contribution is 7.18. The van der Waals surface area contributed by atoms with E-state index in [9.17, 15) is 4.79 Å². The van der Waals surface area contributed by atoms with Crippen LogP contribution >= 0.6 is 11.3 Å². The maximum Gasteiger partial charge on any atom is 0.494 e. The van der Waals surface area contributed by atoms with Crippen molar-refractivity contribution >= 4 is 40.0 Å². The van der Waals surface area contributed by atoms with E-state index in [-0.39, 0.29) is 30.1 Å². The van der Waals surface area contributed by atoms with E-state index >= 15 is 0 Å². The normalized spacial score (nSPS) is 25.3. The Bertz CT molecular complexity index is 848. The molecule has 2 saturated heterocycles. The average molecular weight is 372 g/mol. The molecule has 2 aliphatic heterocycles. The van der Waals surface area contributed by atoms with E-state index in [0.717, 1.165) is 33.7 Å². The highest BCUT2D eigenvalue weighted by Gasteiger charge is 2.51. The van der Waals surface area contributed by atoms with Gasteiger partial charge in [-0.1, -0.05) is 6.07 Å². The van der Waals surface area contributed by atoms with Gasteiger partial charge in [0, 0.05) is 25.9 Å². The molecule has 7 heteroatoms. The molecule has 0 radical (unpaired) electrons.